The Morgan fingerprint density at radius 3 is 2.34 bits per heavy atom. The van der Waals surface area contributed by atoms with Crippen LogP contribution in [-0.4, -0.2) is 40.7 Å². The van der Waals surface area contributed by atoms with Gasteiger partial charge in [0.1, 0.15) is 12.6 Å². The van der Waals surface area contributed by atoms with Gasteiger partial charge in [0.15, 0.2) is 0 Å². The molecule has 1 aliphatic rings. The number of aromatic carboxylic acids is 1. The predicted molar refractivity (Wildman–Crippen MR) is 130 cm³/mol. The van der Waals surface area contributed by atoms with Crippen LogP contribution in [0.15, 0.2) is 79.5 Å². The maximum atomic E-state index is 12.7. The van der Waals surface area contributed by atoms with Gasteiger partial charge in [-0.1, -0.05) is 54.6 Å². The van der Waals surface area contributed by atoms with E-state index >= 15 is 0 Å². The van der Waals surface area contributed by atoms with Crippen molar-refractivity contribution in [1.29, 1.82) is 0 Å². The number of rotatable bonds is 9. The number of alkyl carbamates (subject to hydrolysis) is 1. The van der Waals surface area contributed by atoms with Crippen LogP contribution >= 0.6 is 0 Å². The van der Waals surface area contributed by atoms with E-state index in [1.165, 1.54) is 24.4 Å². The lowest BCUT2D eigenvalue weighted by molar-refractivity contribution is -0.123. The molecule has 0 saturated carbocycles. The number of fused-ring (bicyclic) bond motifs is 3. The average Bonchev–Trinajstić information content (AvgIpc) is 3.19. The van der Waals surface area contributed by atoms with Crippen LogP contribution in [0.25, 0.3) is 11.1 Å². The number of amides is 2. The van der Waals surface area contributed by atoms with E-state index in [2.05, 4.69) is 34.3 Å². The molecule has 4 rings (SSSR count). The first-order chi connectivity index (χ1) is 17.0. The zero-order valence-corrected chi connectivity index (χ0v) is 18.9. The Labute approximate surface area is 202 Å². The number of ether oxygens (including phenoxy) is 1. The second kappa shape index (κ2) is 10.6. The third-order valence-electron chi connectivity index (χ3n) is 5.86. The van der Waals surface area contributed by atoms with Crippen molar-refractivity contribution >= 4 is 18.0 Å². The highest BCUT2D eigenvalue weighted by molar-refractivity contribution is 5.88. The molecule has 1 aromatic heterocycles. The van der Waals surface area contributed by atoms with Crippen molar-refractivity contribution in [2.75, 3.05) is 6.61 Å². The van der Waals surface area contributed by atoms with Crippen LogP contribution in [-0.2, 0) is 16.1 Å². The van der Waals surface area contributed by atoms with Gasteiger partial charge >= 0.3 is 12.1 Å². The molecule has 35 heavy (non-hydrogen) atoms. The van der Waals surface area contributed by atoms with Crippen LogP contribution < -0.4 is 10.6 Å². The second-order valence-electron chi connectivity index (χ2n) is 8.11. The molecule has 1 atom stereocenters. The third-order valence-corrected chi connectivity index (χ3v) is 5.86. The topological polar surface area (TPSA) is 118 Å². The van der Waals surface area contributed by atoms with Gasteiger partial charge in [-0.05, 0) is 40.8 Å². The lowest BCUT2D eigenvalue weighted by Crippen LogP contribution is -2.46. The minimum absolute atomic E-state index is 0.0139. The average molecular weight is 472 g/mol. The van der Waals surface area contributed by atoms with E-state index in [-0.39, 0.29) is 31.1 Å². The summed E-state index contributed by atoms with van der Waals surface area (Å²) in [4.78, 5) is 40.4. The molecule has 0 radical (unpaired) electrons. The molecule has 3 aromatic rings. The monoisotopic (exact) mass is 471 g/mol. The van der Waals surface area contributed by atoms with Gasteiger partial charge in [0.05, 0.1) is 17.8 Å². The molecule has 0 bridgehead atoms. The first-order valence-electron chi connectivity index (χ1n) is 11.2. The maximum absolute atomic E-state index is 12.7. The molecule has 0 fully saturated rings. The van der Waals surface area contributed by atoms with E-state index in [0.29, 0.717) is 5.69 Å². The Morgan fingerprint density at radius 2 is 1.71 bits per heavy atom. The van der Waals surface area contributed by atoms with Gasteiger partial charge in [0, 0.05) is 12.1 Å². The summed E-state index contributed by atoms with van der Waals surface area (Å²) in [7, 11) is 0. The van der Waals surface area contributed by atoms with Crippen molar-refractivity contribution in [1.82, 2.24) is 15.6 Å². The molecule has 8 nitrogen and oxygen atoms in total. The molecular formula is C27H25N3O5. The van der Waals surface area contributed by atoms with Crippen LogP contribution in [0.2, 0.25) is 0 Å². The lowest BCUT2D eigenvalue weighted by atomic mass is 9.98. The summed E-state index contributed by atoms with van der Waals surface area (Å²) < 4.78 is 5.53. The standard InChI is InChI=1S/C27H25N3O5/c1-2-7-24(25(31)29-15-18-14-17(26(32)33)12-13-28-18)30-27(34)35-16-23-21-10-5-3-8-19(21)20-9-4-6-11-22(20)23/h2-6,8-14,23-24H,1,7,15-16H2,(H,29,31)(H,30,34)(H,32,33). The first kappa shape index (κ1) is 23.7. The zero-order chi connectivity index (χ0) is 24.8. The lowest BCUT2D eigenvalue weighted by Gasteiger charge is -2.19. The molecule has 2 aromatic carbocycles. The van der Waals surface area contributed by atoms with E-state index in [1.807, 2.05) is 36.4 Å². The largest absolute Gasteiger partial charge is 0.478 e. The van der Waals surface area contributed by atoms with Crippen LogP contribution in [0.4, 0.5) is 4.79 Å². The van der Waals surface area contributed by atoms with Crippen molar-refractivity contribution in [2.45, 2.75) is 24.9 Å². The molecule has 1 unspecified atom stereocenters. The van der Waals surface area contributed by atoms with Gasteiger partial charge in [-0.3, -0.25) is 9.78 Å². The van der Waals surface area contributed by atoms with Crippen molar-refractivity contribution in [2.24, 2.45) is 0 Å². The highest BCUT2D eigenvalue weighted by atomic mass is 16.5. The van der Waals surface area contributed by atoms with Gasteiger partial charge in [-0.25, -0.2) is 9.59 Å². The molecule has 8 heteroatoms. The Bertz CT molecular complexity index is 1230. The predicted octanol–water partition coefficient (Wildman–Crippen LogP) is 3.88. The first-order valence-corrected chi connectivity index (χ1v) is 11.2. The highest BCUT2D eigenvalue weighted by Gasteiger charge is 2.29. The Kier molecular flexibility index (Phi) is 7.21. The number of nitrogens with zero attached hydrogens (tertiary/aromatic N) is 1. The second-order valence-corrected chi connectivity index (χ2v) is 8.11. The number of nitrogens with one attached hydrogen (secondary N) is 2. The smallest absolute Gasteiger partial charge is 0.407 e. The van der Waals surface area contributed by atoms with Gasteiger partial charge in [0.2, 0.25) is 5.91 Å². The Hall–Kier alpha value is -4.46. The summed E-state index contributed by atoms with van der Waals surface area (Å²) in [5, 5.41) is 14.4. The SMILES string of the molecule is C=CCC(NC(=O)OCC1c2ccccc2-c2ccccc21)C(=O)NCc1cc(C(=O)O)ccn1. The number of benzene rings is 2. The van der Waals surface area contributed by atoms with E-state index < -0.39 is 24.0 Å². The number of pyridine rings is 1. The number of carbonyl (C=O) groups is 3. The van der Waals surface area contributed by atoms with Gasteiger partial charge in [-0.2, -0.15) is 0 Å². The molecule has 0 spiro atoms. The molecule has 0 saturated heterocycles. The van der Waals surface area contributed by atoms with Crippen molar-refractivity contribution in [3.05, 3.63) is 102 Å². The van der Waals surface area contributed by atoms with E-state index in [0.717, 1.165) is 22.3 Å². The number of carboxylic acid groups (broad SMARTS) is 1. The molecular weight excluding hydrogens is 446 g/mol. The number of carboxylic acids is 1. The molecule has 2 amide bonds. The molecule has 1 aliphatic carbocycles. The maximum Gasteiger partial charge on any atom is 0.407 e. The number of hydrogen-bond acceptors (Lipinski definition) is 5. The van der Waals surface area contributed by atoms with E-state index in [4.69, 9.17) is 9.84 Å². The fraction of sp³-hybridized carbons (Fsp3) is 0.185. The van der Waals surface area contributed by atoms with Crippen LogP contribution in [0.1, 0.15) is 39.5 Å². The highest BCUT2D eigenvalue weighted by Crippen LogP contribution is 2.44. The minimum atomic E-state index is -1.08. The summed E-state index contributed by atoms with van der Waals surface area (Å²) in [5.41, 5.74) is 4.90. The zero-order valence-electron chi connectivity index (χ0n) is 18.9. The molecule has 178 valence electrons. The van der Waals surface area contributed by atoms with Crippen molar-refractivity contribution in [3.8, 4) is 11.1 Å². The molecule has 0 aliphatic heterocycles. The molecule has 3 N–H and O–H groups in total. The van der Waals surface area contributed by atoms with Crippen molar-refractivity contribution < 1.29 is 24.2 Å². The minimum Gasteiger partial charge on any atom is -0.478 e. The summed E-state index contributed by atoms with van der Waals surface area (Å²) in [6.07, 6.45) is 2.37. The quantitative estimate of drug-likeness (QED) is 0.408. The van der Waals surface area contributed by atoms with E-state index in [1.54, 1.807) is 0 Å². The fourth-order valence-electron chi connectivity index (χ4n) is 4.19. The van der Waals surface area contributed by atoms with Crippen LogP contribution in [0, 0.1) is 0 Å². The number of hydrogen-bond donors (Lipinski definition) is 3. The van der Waals surface area contributed by atoms with Crippen LogP contribution in [0.5, 0.6) is 0 Å². The van der Waals surface area contributed by atoms with Crippen molar-refractivity contribution in [3.63, 3.8) is 0 Å². The Morgan fingerprint density at radius 1 is 1.06 bits per heavy atom. The fourth-order valence-corrected chi connectivity index (χ4v) is 4.19. The van der Waals surface area contributed by atoms with Crippen LogP contribution in [0.3, 0.4) is 0 Å². The van der Waals surface area contributed by atoms with Gasteiger partial charge in [0.25, 0.3) is 0 Å². The Balaban J connectivity index is 1.36. The van der Waals surface area contributed by atoms with Gasteiger partial charge < -0.3 is 20.5 Å². The molecule has 1 heterocycles. The van der Waals surface area contributed by atoms with Gasteiger partial charge in [-0.15, -0.1) is 6.58 Å². The normalized spacial score (nSPS) is 12.7. The summed E-state index contributed by atoms with van der Waals surface area (Å²) in [5.74, 6) is -1.63. The summed E-state index contributed by atoms with van der Waals surface area (Å²) in [6, 6.07) is 17.9. The third kappa shape index (κ3) is 5.38. The number of carbonyl (C=O) groups excluding carboxylic acids is 2. The summed E-state index contributed by atoms with van der Waals surface area (Å²) in [6.45, 7) is 3.80. The van der Waals surface area contributed by atoms with E-state index in [9.17, 15) is 14.4 Å². The summed E-state index contributed by atoms with van der Waals surface area (Å²) >= 11 is 0. The number of aromatic nitrogens is 1.